The Morgan fingerprint density at radius 2 is 2.40 bits per heavy atom. The molecule has 1 heterocycles. The van der Waals surface area contributed by atoms with Gasteiger partial charge in [-0.15, -0.1) is 0 Å². The molecule has 1 aromatic rings. The van der Waals surface area contributed by atoms with Crippen molar-refractivity contribution in [3.05, 3.63) is 17.8 Å². The standard InChI is InChI=1S/C14H22N4O2/c1-9-3-2-4-14(6-9,8-19)18-13-11(12(16)20)5-10(15)7-17-13/h5,7,9,19H,2-4,6,8,15H2,1H3,(H2,16,20)(H,17,18). The summed E-state index contributed by atoms with van der Waals surface area (Å²) < 4.78 is 0. The van der Waals surface area contributed by atoms with Crippen LogP contribution in [0.15, 0.2) is 12.3 Å². The molecule has 0 bridgehead atoms. The molecule has 2 rings (SSSR count). The third kappa shape index (κ3) is 3.01. The Morgan fingerprint density at radius 1 is 1.65 bits per heavy atom. The molecule has 0 saturated heterocycles. The van der Waals surface area contributed by atoms with Crippen molar-refractivity contribution in [2.24, 2.45) is 11.7 Å². The van der Waals surface area contributed by atoms with Crippen LogP contribution in [0.25, 0.3) is 0 Å². The van der Waals surface area contributed by atoms with E-state index >= 15 is 0 Å². The van der Waals surface area contributed by atoms with E-state index in [1.54, 1.807) is 0 Å². The third-order valence-electron chi connectivity index (χ3n) is 3.95. The lowest BCUT2D eigenvalue weighted by Gasteiger charge is -2.40. The van der Waals surface area contributed by atoms with Crippen molar-refractivity contribution in [3.8, 4) is 0 Å². The molecular weight excluding hydrogens is 256 g/mol. The number of amides is 1. The van der Waals surface area contributed by atoms with Gasteiger partial charge in [0.2, 0.25) is 0 Å². The van der Waals surface area contributed by atoms with E-state index in [0.717, 1.165) is 25.7 Å². The number of aromatic nitrogens is 1. The van der Waals surface area contributed by atoms with E-state index in [1.807, 2.05) is 0 Å². The zero-order valence-corrected chi connectivity index (χ0v) is 11.7. The monoisotopic (exact) mass is 278 g/mol. The number of nitrogens with two attached hydrogens (primary N) is 2. The number of rotatable bonds is 4. The van der Waals surface area contributed by atoms with E-state index in [9.17, 15) is 9.90 Å². The number of nitrogens with zero attached hydrogens (tertiary/aromatic N) is 1. The lowest BCUT2D eigenvalue weighted by atomic mass is 9.77. The van der Waals surface area contributed by atoms with Crippen molar-refractivity contribution >= 4 is 17.4 Å². The van der Waals surface area contributed by atoms with E-state index in [1.165, 1.54) is 12.3 Å². The molecule has 1 aromatic heterocycles. The molecule has 20 heavy (non-hydrogen) atoms. The summed E-state index contributed by atoms with van der Waals surface area (Å²) in [7, 11) is 0. The fourth-order valence-electron chi connectivity index (χ4n) is 2.98. The highest BCUT2D eigenvalue weighted by atomic mass is 16.3. The molecule has 1 aliphatic rings. The summed E-state index contributed by atoms with van der Waals surface area (Å²) in [5.74, 6) is 0.341. The van der Waals surface area contributed by atoms with Gasteiger partial charge in [0, 0.05) is 0 Å². The van der Waals surface area contributed by atoms with Gasteiger partial charge < -0.3 is 21.9 Å². The number of hydrogen-bond acceptors (Lipinski definition) is 5. The summed E-state index contributed by atoms with van der Waals surface area (Å²) in [5, 5.41) is 13.0. The first-order chi connectivity index (χ1) is 9.46. The van der Waals surface area contributed by atoms with Gasteiger partial charge in [-0.25, -0.2) is 4.98 Å². The van der Waals surface area contributed by atoms with Gasteiger partial charge in [-0.2, -0.15) is 0 Å². The minimum atomic E-state index is -0.579. The maximum Gasteiger partial charge on any atom is 0.252 e. The fourth-order valence-corrected chi connectivity index (χ4v) is 2.98. The summed E-state index contributed by atoms with van der Waals surface area (Å²) in [6.45, 7) is 2.16. The number of nitrogen functional groups attached to an aromatic ring is 1. The zero-order chi connectivity index (χ0) is 14.8. The summed E-state index contributed by atoms with van der Waals surface area (Å²) >= 11 is 0. The van der Waals surface area contributed by atoms with E-state index in [2.05, 4.69) is 17.2 Å². The summed E-state index contributed by atoms with van der Waals surface area (Å²) in [4.78, 5) is 15.7. The van der Waals surface area contributed by atoms with Crippen LogP contribution in [0.1, 0.15) is 43.0 Å². The van der Waals surface area contributed by atoms with Crippen molar-refractivity contribution in [1.29, 1.82) is 0 Å². The van der Waals surface area contributed by atoms with Crippen LogP contribution in [-0.4, -0.2) is 28.1 Å². The van der Waals surface area contributed by atoms with Crippen LogP contribution in [0.2, 0.25) is 0 Å². The highest BCUT2D eigenvalue weighted by molar-refractivity contribution is 5.98. The fraction of sp³-hybridized carbons (Fsp3) is 0.571. The van der Waals surface area contributed by atoms with Crippen LogP contribution < -0.4 is 16.8 Å². The lowest BCUT2D eigenvalue weighted by Crippen LogP contribution is -2.46. The molecule has 0 aliphatic heterocycles. The number of primary amides is 1. The van der Waals surface area contributed by atoms with Crippen molar-refractivity contribution in [1.82, 2.24) is 4.98 Å². The number of anilines is 2. The van der Waals surface area contributed by atoms with Crippen molar-refractivity contribution in [3.63, 3.8) is 0 Å². The molecule has 110 valence electrons. The smallest absolute Gasteiger partial charge is 0.252 e. The second-order valence-electron chi connectivity index (χ2n) is 5.79. The van der Waals surface area contributed by atoms with Gasteiger partial charge >= 0.3 is 0 Å². The SMILES string of the molecule is CC1CCCC(CO)(Nc2ncc(N)cc2C(N)=O)C1. The van der Waals surface area contributed by atoms with Gasteiger partial charge in [0.05, 0.1) is 29.6 Å². The quantitative estimate of drug-likeness (QED) is 0.659. The van der Waals surface area contributed by atoms with E-state index in [4.69, 9.17) is 11.5 Å². The van der Waals surface area contributed by atoms with Crippen LogP contribution in [0, 0.1) is 5.92 Å². The molecule has 0 aromatic carbocycles. The number of carbonyl (C=O) groups is 1. The number of nitrogens with one attached hydrogen (secondary N) is 1. The molecule has 2 unspecified atom stereocenters. The summed E-state index contributed by atoms with van der Waals surface area (Å²) in [6.07, 6.45) is 5.36. The van der Waals surface area contributed by atoms with Gasteiger partial charge in [0.25, 0.3) is 5.91 Å². The van der Waals surface area contributed by atoms with Crippen molar-refractivity contribution < 1.29 is 9.90 Å². The maximum atomic E-state index is 11.5. The average molecular weight is 278 g/mol. The average Bonchev–Trinajstić information content (AvgIpc) is 2.40. The topological polar surface area (TPSA) is 114 Å². The first-order valence-electron chi connectivity index (χ1n) is 6.90. The minimum absolute atomic E-state index is 0.00159. The van der Waals surface area contributed by atoms with Gasteiger partial charge in [0.15, 0.2) is 0 Å². The number of carbonyl (C=O) groups excluding carboxylic acids is 1. The minimum Gasteiger partial charge on any atom is -0.397 e. The van der Waals surface area contributed by atoms with E-state index in [-0.39, 0.29) is 12.2 Å². The largest absolute Gasteiger partial charge is 0.397 e. The van der Waals surface area contributed by atoms with E-state index < -0.39 is 11.4 Å². The first kappa shape index (κ1) is 14.6. The Morgan fingerprint density at radius 3 is 3.00 bits per heavy atom. The molecule has 1 saturated carbocycles. The van der Waals surface area contributed by atoms with Crippen LogP contribution in [-0.2, 0) is 0 Å². The highest BCUT2D eigenvalue weighted by Crippen LogP contribution is 2.35. The second kappa shape index (κ2) is 5.66. The lowest BCUT2D eigenvalue weighted by molar-refractivity contribution is 0.1000. The molecule has 1 fully saturated rings. The van der Waals surface area contributed by atoms with Crippen LogP contribution in [0.3, 0.4) is 0 Å². The normalized spacial score (nSPS) is 26.2. The molecule has 6 heteroatoms. The molecule has 2 atom stereocenters. The zero-order valence-electron chi connectivity index (χ0n) is 11.7. The summed E-state index contributed by atoms with van der Waals surface area (Å²) in [5.41, 5.74) is 11.2. The Bertz CT molecular complexity index is 506. The van der Waals surface area contributed by atoms with Gasteiger partial charge in [-0.05, 0) is 24.8 Å². The number of aliphatic hydroxyl groups excluding tert-OH is 1. The molecule has 1 aliphatic carbocycles. The molecule has 1 amide bonds. The van der Waals surface area contributed by atoms with Crippen LogP contribution >= 0.6 is 0 Å². The highest BCUT2D eigenvalue weighted by Gasteiger charge is 2.35. The van der Waals surface area contributed by atoms with Gasteiger partial charge in [-0.3, -0.25) is 4.79 Å². The first-order valence-corrected chi connectivity index (χ1v) is 6.90. The third-order valence-corrected chi connectivity index (χ3v) is 3.95. The molecule has 0 radical (unpaired) electrons. The van der Waals surface area contributed by atoms with Gasteiger partial charge in [-0.1, -0.05) is 19.8 Å². The molecular formula is C14H22N4O2. The van der Waals surface area contributed by atoms with Crippen molar-refractivity contribution in [2.75, 3.05) is 17.7 Å². The number of hydrogen-bond donors (Lipinski definition) is 4. The van der Waals surface area contributed by atoms with E-state index in [0.29, 0.717) is 17.4 Å². The van der Waals surface area contributed by atoms with Crippen LogP contribution in [0.4, 0.5) is 11.5 Å². The molecule has 6 N–H and O–H groups in total. The van der Waals surface area contributed by atoms with Crippen LogP contribution in [0.5, 0.6) is 0 Å². The Labute approximate surface area is 118 Å². The Balaban J connectivity index is 2.30. The predicted molar refractivity (Wildman–Crippen MR) is 78.2 cm³/mol. The number of pyridine rings is 1. The Kier molecular flexibility index (Phi) is 4.13. The molecule has 6 nitrogen and oxygen atoms in total. The second-order valence-corrected chi connectivity index (χ2v) is 5.79. The summed E-state index contributed by atoms with van der Waals surface area (Å²) in [6, 6.07) is 1.51. The maximum absolute atomic E-state index is 11.5. The van der Waals surface area contributed by atoms with Gasteiger partial charge in [0.1, 0.15) is 5.82 Å². The molecule has 0 spiro atoms. The number of aliphatic hydroxyl groups is 1. The van der Waals surface area contributed by atoms with Crippen molar-refractivity contribution in [2.45, 2.75) is 38.1 Å². The Hall–Kier alpha value is -1.82. The predicted octanol–water partition coefficient (Wildman–Crippen LogP) is 1.12.